The van der Waals surface area contributed by atoms with Crippen molar-refractivity contribution in [3.05, 3.63) is 77.1 Å². The Hall–Kier alpha value is -3.06. The van der Waals surface area contributed by atoms with Crippen LogP contribution in [0.5, 0.6) is 0 Å². The number of hydrogen-bond donors (Lipinski definition) is 1. The van der Waals surface area contributed by atoms with Crippen molar-refractivity contribution in [2.45, 2.75) is 39.2 Å². The highest BCUT2D eigenvalue weighted by atomic mass is 32.1. The van der Waals surface area contributed by atoms with Crippen molar-refractivity contribution in [3.63, 3.8) is 0 Å². The number of benzene rings is 2. The highest BCUT2D eigenvalue weighted by Crippen LogP contribution is 2.23. The summed E-state index contributed by atoms with van der Waals surface area (Å²) in [6, 6.07) is 13.1. The third-order valence-corrected chi connectivity index (χ3v) is 6.07. The Morgan fingerprint density at radius 1 is 1.20 bits per heavy atom. The number of carbonyl (C=O) groups is 1. The first-order valence-electron chi connectivity index (χ1n) is 10.00. The molecule has 0 fully saturated rings. The zero-order valence-corrected chi connectivity index (χ0v) is 17.6. The molecular formula is C23H23FN4OS. The van der Waals surface area contributed by atoms with E-state index >= 15 is 0 Å². The number of imidazole rings is 1. The Labute approximate surface area is 178 Å². The second-order valence-corrected chi connectivity index (χ2v) is 8.30. The molecule has 0 radical (unpaired) electrons. The summed E-state index contributed by atoms with van der Waals surface area (Å²) >= 11 is 1.71. The number of unbranched alkanes of at least 4 members (excludes halogenated alkanes) is 1. The summed E-state index contributed by atoms with van der Waals surface area (Å²) in [5.41, 5.74) is 2.23. The monoisotopic (exact) mass is 422 g/mol. The van der Waals surface area contributed by atoms with Gasteiger partial charge in [-0.15, -0.1) is 11.3 Å². The molecule has 4 rings (SSSR count). The van der Waals surface area contributed by atoms with Gasteiger partial charge in [0.2, 0.25) is 5.91 Å². The molecule has 154 valence electrons. The van der Waals surface area contributed by atoms with E-state index in [0.29, 0.717) is 18.7 Å². The van der Waals surface area contributed by atoms with Gasteiger partial charge < -0.3 is 9.88 Å². The fourth-order valence-electron chi connectivity index (χ4n) is 3.37. The molecule has 30 heavy (non-hydrogen) atoms. The van der Waals surface area contributed by atoms with E-state index in [-0.39, 0.29) is 11.7 Å². The van der Waals surface area contributed by atoms with Crippen LogP contribution in [0.1, 0.15) is 35.7 Å². The van der Waals surface area contributed by atoms with Crippen molar-refractivity contribution >= 4 is 27.5 Å². The standard InChI is InChI=1S/C23H23FN4OS/c1-16-25-12-13-28(16)20-11-10-17(14-18(20)24)15-26-22(29)8-4-5-9-23-27-19-6-2-3-7-21(19)30-23/h2-3,6-7,10-14H,4-5,8-9,15H2,1H3,(H,26,29). The zero-order chi connectivity index (χ0) is 20.9. The number of carbonyl (C=O) groups excluding carboxylic acids is 1. The van der Waals surface area contributed by atoms with Gasteiger partial charge in [0.05, 0.1) is 20.9 Å². The van der Waals surface area contributed by atoms with Crippen LogP contribution in [0.4, 0.5) is 4.39 Å². The third-order valence-electron chi connectivity index (χ3n) is 4.97. The van der Waals surface area contributed by atoms with Gasteiger partial charge >= 0.3 is 0 Å². The number of amides is 1. The van der Waals surface area contributed by atoms with E-state index in [4.69, 9.17) is 0 Å². The van der Waals surface area contributed by atoms with Crippen LogP contribution in [0.15, 0.2) is 54.9 Å². The van der Waals surface area contributed by atoms with Crippen LogP contribution >= 0.6 is 11.3 Å². The molecule has 0 spiro atoms. The Morgan fingerprint density at radius 2 is 2.07 bits per heavy atom. The predicted molar refractivity (Wildman–Crippen MR) is 117 cm³/mol. The number of hydrogen-bond acceptors (Lipinski definition) is 4. The molecule has 1 amide bonds. The minimum Gasteiger partial charge on any atom is -0.352 e. The van der Waals surface area contributed by atoms with Gasteiger partial charge in [0.1, 0.15) is 11.6 Å². The molecule has 0 aliphatic heterocycles. The van der Waals surface area contributed by atoms with Crippen LogP contribution in [0.2, 0.25) is 0 Å². The van der Waals surface area contributed by atoms with Gasteiger partial charge in [-0.2, -0.15) is 0 Å². The van der Waals surface area contributed by atoms with Gasteiger partial charge in [-0.25, -0.2) is 14.4 Å². The Balaban J connectivity index is 1.22. The van der Waals surface area contributed by atoms with E-state index in [1.54, 1.807) is 34.4 Å². The van der Waals surface area contributed by atoms with E-state index < -0.39 is 0 Å². The van der Waals surface area contributed by atoms with Gasteiger partial charge in [0, 0.05) is 25.4 Å². The van der Waals surface area contributed by atoms with E-state index in [9.17, 15) is 9.18 Å². The molecule has 2 aromatic carbocycles. The van der Waals surface area contributed by atoms with Crippen molar-refractivity contribution in [2.24, 2.45) is 0 Å². The quantitative estimate of drug-likeness (QED) is 0.408. The Morgan fingerprint density at radius 3 is 2.83 bits per heavy atom. The molecule has 0 saturated heterocycles. The molecular weight excluding hydrogens is 399 g/mol. The van der Waals surface area contributed by atoms with Gasteiger partial charge in [0.25, 0.3) is 0 Å². The Bertz CT molecular complexity index is 1130. The Kier molecular flexibility index (Phi) is 6.18. The average molecular weight is 423 g/mol. The van der Waals surface area contributed by atoms with Crippen LogP contribution in [-0.2, 0) is 17.8 Å². The topological polar surface area (TPSA) is 59.8 Å². The minimum absolute atomic E-state index is 0.0192. The molecule has 4 aromatic rings. The smallest absolute Gasteiger partial charge is 0.220 e. The van der Waals surface area contributed by atoms with Crippen molar-refractivity contribution in [1.29, 1.82) is 0 Å². The number of halogens is 1. The summed E-state index contributed by atoms with van der Waals surface area (Å²) in [7, 11) is 0. The molecule has 0 aliphatic carbocycles. The summed E-state index contributed by atoms with van der Waals surface area (Å²) < 4.78 is 17.3. The second kappa shape index (κ2) is 9.17. The summed E-state index contributed by atoms with van der Waals surface area (Å²) in [6.45, 7) is 2.14. The van der Waals surface area contributed by atoms with Crippen molar-refractivity contribution in [3.8, 4) is 5.69 Å². The van der Waals surface area contributed by atoms with Crippen molar-refractivity contribution in [2.75, 3.05) is 0 Å². The predicted octanol–water partition coefficient (Wildman–Crippen LogP) is 4.96. The van der Waals surface area contributed by atoms with Crippen LogP contribution in [-0.4, -0.2) is 20.4 Å². The number of para-hydroxylation sites is 1. The van der Waals surface area contributed by atoms with E-state index in [1.165, 1.54) is 10.8 Å². The van der Waals surface area contributed by atoms with Gasteiger partial charge in [-0.05, 0) is 56.0 Å². The molecule has 0 aliphatic rings. The van der Waals surface area contributed by atoms with Crippen molar-refractivity contribution in [1.82, 2.24) is 19.9 Å². The number of aromatic nitrogens is 3. The third kappa shape index (κ3) is 4.74. The van der Waals surface area contributed by atoms with E-state index in [2.05, 4.69) is 21.4 Å². The summed E-state index contributed by atoms with van der Waals surface area (Å²) in [4.78, 5) is 20.9. The molecule has 0 bridgehead atoms. The fourth-order valence-corrected chi connectivity index (χ4v) is 4.38. The number of aryl methyl sites for hydroxylation is 2. The van der Waals surface area contributed by atoms with Gasteiger partial charge in [-0.1, -0.05) is 18.2 Å². The molecule has 1 N–H and O–H groups in total. The van der Waals surface area contributed by atoms with Crippen LogP contribution in [0.3, 0.4) is 0 Å². The maximum absolute atomic E-state index is 14.4. The zero-order valence-electron chi connectivity index (χ0n) is 16.8. The van der Waals surface area contributed by atoms with Crippen molar-refractivity contribution < 1.29 is 9.18 Å². The average Bonchev–Trinajstić information content (AvgIpc) is 3.35. The van der Waals surface area contributed by atoms with Crippen LogP contribution in [0, 0.1) is 12.7 Å². The largest absolute Gasteiger partial charge is 0.352 e. The minimum atomic E-state index is -0.335. The lowest BCUT2D eigenvalue weighted by Crippen LogP contribution is -2.22. The lowest BCUT2D eigenvalue weighted by molar-refractivity contribution is -0.121. The maximum atomic E-state index is 14.4. The highest BCUT2D eigenvalue weighted by Gasteiger charge is 2.09. The number of rotatable bonds is 8. The van der Waals surface area contributed by atoms with Gasteiger partial charge in [0.15, 0.2) is 0 Å². The first-order valence-corrected chi connectivity index (χ1v) is 10.8. The number of nitrogens with one attached hydrogen (secondary N) is 1. The fraction of sp³-hybridized carbons (Fsp3) is 0.261. The molecule has 2 heterocycles. The van der Waals surface area contributed by atoms with E-state index in [1.807, 2.05) is 31.2 Å². The van der Waals surface area contributed by atoms with E-state index in [0.717, 1.165) is 41.2 Å². The highest BCUT2D eigenvalue weighted by molar-refractivity contribution is 7.18. The number of fused-ring (bicyclic) bond motifs is 1. The number of nitrogens with zero attached hydrogens (tertiary/aromatic N) is 3. The maximum Gasteiger partial charge on any atom is 0.220 e. The van der Waals surface area contributed by atoms with Crippen LogP contribution in [0.25, 0.3) is 15.9 Å². The lowest BCUT2D eigenvalue weighted by Gasteiger charge is -2.09. The molecule has 0 unspecified atom stereocenters. The molecule has 0 atom stereocenters. The summed E-state index contributed by atoms with van der Waals surface area (Å²) in [6.07, 6.45) is 6.42. The summed E-state index contributed by atoms with van der Waals surface area (Å²) in [5.74, 6) is 0.369. The molecule has 5 nitrogen and oxygen atoms in total. The SMILES string of the molecule is Cc1nccn1-c1ccc(CNC(=O)CCCCc2nc3ccccc3s2)cc1F. The normalized spacial score (nSPS) is 11.1. The van der Waals surface area contributed by atoms with Gasteiger partial charge in [-0.3, -0.25) is 4.79 Å². The number of thiazole rings is 1. The van der Waals surface area contributed by atoms with Crippen LogP contribution < -0.4 is 5.32 Å². The lowest BCUT2D eigenvalue weighted by atomic mass is 10.1. The molecule has 0 saturated carbocycles. The summed E-state index contributed by atoms with van der Waals surface area (Å²) in [5, 5.41) is 3.99. The molecule has 2 aromatic heterocycles. The first kappa shape index (κ1) is 20.2. The second-order valence-electron chi connectivity index (χ2n) is 7.19. The molecule has 7 heteroatoms. The first-order chi connectivity index (χ1) is 14.6.